The van der Waals surface area contributed by atoms with Crippen molar-refractivity contribution in [3.8, 4) is 28.6 Å². The number of ether oxygens (including phenoxy) is 3. The lowest BCUT2D eigenvalue weighted by Crippen LogP contribution is -2.23. The highest BCUT2D eigenvalue weighted by atomic mass is 16.6. The molecule has 1 fully saturated rings. The number of likely N-dealkylation sites (tertiary alicyclic amines) is 1. The van der Waals surface area contributed by atoms with Crippen LogP contribution in [0.4, 0.5) is 5.69 Å². The molecule has 1 aromatic carbocycles. The normalized spacial score (nSPS) is 19.7. The zero-order chi connectivity index (χ0) is 17.2. The molecule has 1 saturated heterocycles. The van der Waals surface area contributed by atoms with Gasteiger partial charge in [-0.15, -0.1) is 0 Å². The average Bonchev–Trinajstić information content (AvgIpc) is 3.06. The Morgan fingerprint density at radius 1 is 1.20 bits per heavy atom. The molecule has 2 aromatic rings. The van der Waals surface area contributed by atoms with E-state index in [1.165, 1.54) is 0 Å². The number of benzene rings is 1. The molecule has 2 aliphatic heterocycles. The van der Waals surface area contributed by atoms with Crippen molar-refractivity contribution >= 4 is 5.69 Å². The topological polar surface area (TPSA) is 55.9 Å². The summed E-state index contributed by atoms with van der Waals surface area (Å²) in [5, 5.41) is 3.55. The highest BCUT2D eigenvalue weighted by Crippen LogP contribution is 2.40. The first-order valence-electron chi connectivity index (χ1n) is 8.63. The fraction of sp³-hybridized carbons (Fsp3) is 0.421. The smallest absolute Gasteiger partial charge is 0.237 e. The van der Waals surface area contributed by atoms with Gasteiger partial charge in [0.2, 0.25) is 5.88 Å². The standard InChI is InChI=1S/C19H23N3O3/c1-22-9-8-13(12-22)20-16-7-6-15(21-19(16)23-2)14-4-3-5-17-18(14)25-11-10-24-17/h3-7,13,20H,8-12H2,1-2H3. The Labute approximate surface area is 147 Å². The summed E-state index contributed by atoms with van der Waals surface area (Å²) in [5.74, 6) is 2.11. The molecule has 6 heteroatoms. The third-order valence-electron chi connectivity index (χ3n) is 4.65. The van der Waals surface area contributed by atoms with Gasteiger partial charge >= 0.3 is 0 Å². The van der Waals surface area contributed by atoms with Gasteiger partial charge in [-0.3, -0.25) is 0 Å². The number of hydrogen-bond donors (Lipinski definition) is 1. The summed E-state index contributed by atoms with van der Waals surface area (Å²) < 4.78 is 17.0. The quantitative estimate of drug-likeness (QED) is 0.923. The molecule has 1 N–H and O–H groups in total. The number of anilines is 1. The highest BCUT2D eigenvalue weighted by molar-refractivity contribution is 5.73. The monoisotopic (exact) mass is 341 g/mol. The number of para-hydroxylation sites is 1. The minimum absolute atomic E-state index is 0.424. The zero-order valence-electron chi connectivity index (χ0n) is 14.6. The van der Waals surface area contributed by atoms with E-state index in [4.69, 9.17) is 19.2 Å². The van der Waals surface area contributed by atoms with Crippen molar-refractivity contribution in [3.05, 3.63) is 30.3 Å². The molecule has 0 amide bonds. The lowest BCUT2D eigenvalue weighted by molar-refractivity contribution is 0.172. The van der Waals surface area contributed by atoms with Gasteiger partial charge in [-0.05, 0) is 44.3 Å². The maximum atomic E-state index is 5.81. The van der Waals surface area contributed by atoms with Crippen LogP contribution >= 0.6 is 0 Å². The second-order valence-corrected chi connectivity index (χ2v) is 6.48. The van der Waals surface area contributed by atoms with E-state index in [1.807, 2.05) is 30.3 Å². The number of likely N-dealkylation sites (N-methyl/N-ethyl adjacent to an activating group) is 1. The molecule has 1 atom stereocenters. The third-order valence-corrected chi connectivity index (χ3v) is 4.65. The highest BCUT2D eigenvalue weighted by Gasteiger charge is 2.22. The average molecular weight is 341 g/mol. The van der Waals surface area contributed by atoms with E-state index in [9.17, 15) is 0 Å². The summed E-state index contributed by atoms with van der Waals surface area (Å²) >= 11 is 0. The van der Waals surface area contributed by atoms with Gasteiger partial charge in [-0.2, -0.15) is 0 Å². The number of rotatable bonds is 4. The molecule has 0 radical (unpaired) electrons. The Morgan fingerprint density at radius 2 is 2.08 bits per heavy atom. The van der Waals surface area contributed by atoms with Crippen LogP contribution in [0.15, 0.2) is 30.3 Å². The molecule has 6 nitrogen and oxygen atoms in total. The van der Waals surface area contributed by atoms with Crippen LogP contribution in [-0.2, 0) is 0 Å². The summed E-state index contributed by atoms with van der Waals surface area (Å²) in [7, 11) is 3.79. The minimum atomic E-state index is 0.424. The SMILES string of the molecule is COc1nc(-c2cccc3c2OCCO3)ccc1NC1CCN(C)C1. The number of nitrogens with zero attached hydrogens (tertiary/aromatic N) is 2. The molecule has 132 valence electrons. The number of pyridine rings is 1. The summed E-state index contributed by atoms with van der Waals surface area (Å²) in [5.41, 5.74) is 2.66. The molecule has 0 aliphatic carbocycles. The molecule has 0 spiro atoms. The first kappa shape index (κ1) is 16.0. The van der Waals surface area contributed by atoms with Crippen molar-refractivity contribution in [2.24, 2.45) is 0 Å². The Hall–Kier alpha value is -2.47. The zero-order valence-corrected chi connectivity index (χ0v) is 14.6. The largest absolute Gasteiger partial charge is 0.486 e. The predicted molar refractivity (Wildman–Crippen MR) is 96.7 cm³/mol. The van der Waals surface area contributed by atoms with Crippen molar-refractivity contribution in [1.82, 2.24) is 9.88 Å². The molecule has 1 unspecified atom stereocenters. The van der Waals surface area contributed by atoms with Gasteiger partial charge in [0.1, 0.15) is 13.2 Å². The van der Waals surface area contributed by atoms with E-state index in [1.54, 1.807) is 7.11 Å². The maximum absolute atomic E-state index is 5.81. The number of methoxy groups -OCH3 is 1. The van der Waals surface area contributed by atoms with Crippen LogP contribution in [0.5, 0.6) is 17.4 Å². The summed E-state index contributed by atoms with van der Waals surface area (Å²) in [6, 6.07) is 10.3. The second kappa shape index (κ2) is 6.80. The third kappa shape index (κ3) is 3.22. The predicted octanol–water partition coefficient (Wildman–Crippen LogP) is 2.64. The Balaban J connectivity index is 1.64. The number of nitrogens with one attached hydrogen (secondary N) is 1. The Kier molecular flexibility index (Phi) is 4.36. The van der Waals surface area contributed by atoms with Crippen LogP contribution in [0.3, 0.4) is 0 Å². The van der Waals surface area contributed by atoms with Crippen LogP contribution in [0, 0.1) is 0 Å². The van der Waals surface area contributed by atoms with Gasteiger partial charge in [0, 0.05) is 18.2 Å². The van der Waals surface area contributed by atoms with Gasteiger partial charge in [0.15, 0.2) is 11.5 Å². The van der Waals surface area contributed by atoms with Crippen molar-refractivity contribution < 1.29 is 14.2 Å². The van der Waals surface area contributed by atoms with Crippen LogP contribution < -0.4 is 19.5 Å². The number of fused-ring (bicyclic) bond motifs is 1. The van der Waals surface area contributed by atoms with Gasteiger partial charge in [0.05, 0.1) is 18.5 Å². The van der Waals surface area contributed by atoms with Gasteiger partial charge in [-0.25, -0.2) is 4.98 Å². The van der Waals surface area contributed by atoms with Gasteiger partial charge in [-0.1, -0.05) is 6.07 Å². The van der Waals surface area contributed by atoms with Crippen LogP contribution in [-0.4, -0.2) is 56.4 Å². The van der Waals surface area contributed by atoms with Crippen molar-refractivity contribution in [3.63, 3.8) is 0 Å². The molecule has 1 aromatic heterocycles. The van der Waals surface area contributed by atoms with Crippen molar-refractivity contribution in [1.29, 1.82) is 0 Å². The molecule has 3 heterocycles. The van der Waals surface area contributed by atoms with Gasteiger partial charge in [0.25, 0.3) is 0 Å². The molecule has 0 saturated carbocycles. The second-order valence-electron chi connectivity index (χ2n) is 6.48. The molecule has 2 aliphatic rings. The number of hydrogen-bond acceptors (Lipinski definition) is 6. The van der Waals surface area contributed by atoms with E-state index < -0.39 is 0 Å². The Morgan fingerprint density at radius 3 is 2.88 bits per heavy atom. The van der Waals surface area contributed by atoms with Crippen LogP contribution in [0.1, 0.15) is 6.42 Å². The van der Waals surface area contributed by atoms with E-state index in [0.29, 0.717) is 25.1 Å². The first-order valence-corrected chi connectivity index (χ1v) is 8.63. The minimum Gasteiger partial charge on any atom is -0.486 e. The van der Waals surface area contributed by atoms with E-state index in [2.05, 4.69) is 17.3 Å². The first-order chi connectivity index (χ1) is 12.2. The summed E-state index contributed by atoms with van der Waals surface area (Å²) in [6.45, 7) is 3.27. The van der Waals surface area contributed by atoms with Gasteiger partial charge < -0.3 is 24.4 Å². The van der Waals surface area contributed by atoms with Crippen LogP contribution in [0.25, 0.3) is 11.3 Å². The van der Waals surface area contributed by atoms with Crippen LogP contribution in [0.2, 0.25) is 0 Å². The molecule has 4 rings (SSSR count). The molecule has 0 bridgehead atoms. The van der Waals surface area contributed by atoms with E-state index >= 15 is 0 Å². The molecular weight excluding hydrogens is 318 g/mol. The van der Waals surface area contributed by atoms with Crippen molar-refractivity contribution in [2.75, 3.05) is 45.8 Å². The van der Waals surface area contributed by atoms with E-state index in [-0.39, 0.29) is 0 Å². The number of aromatic nitrogens is 1. The van der Waals surface area contributed by atoms with Crippen molar-refractivity contribution in [2.45, 2.75) is 12.5 Å². The fourth-order valence-corrected chi connectivity index (χ4v) is 3.40. The maximum Gasteiger partial charge on any atom is 0.237 e. The lowest BCUT2D eigenvalue weighted by atomic mass is 10.1. The summed E-state index contributed by atoms with van der Waals surface area (Å²) in [4.78, 5) is 7.02. The Bertz CT molecular complexity index is 766. The summed E-state index contributed by atoms with van der Waals surface area (Å²) in [6.07, 6.45) is 1.12. The fourth-order valence-electron chi connectivity index (χ4n) is 3.40. The van der Waals surface area contributed by atoms with E-state index in [0.717, 1.165) is 48.0 Å². The molecule has 25 heavy (non-hydrogen) atoms. The molecular formula is C19H23N3O3. The lowest BCUT2D eigenvalue weighted by Gasteiger charge is -2.21.